The summed E-state index contributed by atoms with van der Waals surface area (Å²) in [6.07, 6.45) is 0. The molecular formula is C15H20N2O3. The van der Waals surface area contributed by atoms with Crippen molar-refractivity contribution in [2.45, 2.75) is 32.9 Å². The van der Waals surface area contributed by atoms with E-state index >= 15 is 0 Å². The molecule has 2 rings (SSSR count). The van der Waals surface area contributed by atoms with Crippen LogP contribution >= 0.6 is 0 Å². The van der Waals surface area contributed by atoms with Crippen molar-refractivity contribution in [1.29, 1.82) is 0 Å². The van der Waals surface area contributed by atoms with Crippen molar-refractivity contribution in [1.82, 2.24) is 10.5 Å². The molecule has 0 aliphatic heterocycles. The van der Waals surface area contributed by atoms with E-state index in [1.807, 2.05) is 26.8 Å². The first kappa shape index (κ1) is 14.6. The first-order chi connectivity index (χ1) is 9.46. The van der Waals surface area contributed by atoms with Crippen molar-refractivity contribution in [3.8, 4) is 5.75 Å². The Balaban J connectivity index is 2.20. The fourth-order valence-electron chi connectivity index (χ4n) is 2.14. The lowest BCUT2D eigenvalue weighted by Gasteiger charge is -2.29. The lowest BCUT2D eigenvalue weighted by Crippen LogP contribution is -2.42. The largest absolute Gasteiger partial charge is 0.508 e. The van der Waals surface area contributed by atoms with Crippen molar-refractivity contribution in [3.63, 3.8) is 0 Å². The Kier molecular flexibility index (Phi) is 4.11. The van der Waals surface area contributed by atoms with Gasteiger partial charge in [0.2, 0.25) is 0 Å². The average molecular weight is 276 g/mol. The van der Waals surface area contributed by atoms with Crippen LogP contribution in [0.2, 0.25) is 0 Å². The summed E-state index contributed by atoms with van der Waals surface area (Å²) in [4.78, 5) is 0. The molecule has 5 heteroatoms. The number of phenols is 1. The van der Waals surface area contributed by atoms with Crippen LogP contribution in [0, 0.1) is 13.8 Å². The molecule has 0 aliphatic carbocycles. The number of aliphatic hydroxyl groups excluding tert-OH is 1. The molecule has 1 aromatic carbocycles. The van der Waals surface area contributed by atoms with Crippen LogP contribution in [0.5, 0.6) is 5.75 Å². The summed E-state index contributed by atoms with van der Waals surface area (Å²) in [7, 11) is 0. The molecule has 3 N–H and O–H groups in total. The van der Waals surface area contributed by atoms with Gasteiger partial charge in [0.05, 0.1) is 17.8 Å². The lowest BCUT2D eigenvalue weighted by atomic mass is 9.92. The number of aromatic nitrogens is 1. The predicted octanol–water partition coefficient (Wildman–Crippen LogP) is 1.99. The van der Waals surface area contributed by atoms with E-state index < -0.39 is 5.54 Å². The highest BCUT2D eigenvalue weighted by Gasteiger charge is 2.26. The smallest absolute Gasteiger partial charge is 0.138 e. The average Bonchev–Trinajstić information content (AvgIpc) is 2.75. The number of aliphatic hydroxyl groups is 1. The van der Waals surface area contributed by atoms with E-state index in [0.717, 1.165) is 22.6 Å². The van der Waals surface area contributed by atoms with Crippen LogP contribution < -0.4 is 5.32 Å². The highest BCUT2D eigenvalue weighted by atomic mass is 16.5. The molecule has 0 radical (unpaired) electrons. The number of hydrogen-bond acceptors (Lipinski definition) is 5. The molecule has 0 amide bonds. The van der Waals surface area contributed by atoms with Crippen LogP contribution in [0.3, 0.4) is 0 Å². The summed E-state index contributed by atoms with van der Waals surface area (Å²) in [5.41, 5.74) is 2.01. The van der Waals surface area contributed by atoms with Gasteiger partial charge in [0.15, 0.2) is 0 Å². The second-order valence-electron chi connectivity index (χ2n) is 5.20. The van der Waals surface area contributed by atoms with Gasteiger partial charge in [-0.2, -0.15) is 0 Å². The minimum atomic E-state index is -0.644. The molecule has 1 unspecified atom stereocenters. The van der Waals surface area contributed by atoms with Crippen molar-refractivity contribution in [2.24, 2.45) is 0 Å². The molecule has 0 saturated heterocycles. The number of aryl methyl sites for hydroxylation is 2. The van der Waals surface area contributed by atoms with Gasteiger partial charge in [-0.25, -0.2) is 0 Å². The number of rotatable bonds is 5. The Morgan fingerprint density at radius 3 is 2.65 bits per heavy atom. The van der Waals surface area contributed by atoms with E-state index in [0.29, 0.717) is 6.54 Å². The molecule has 0 saturated carbocycles. The molecule has 0 fully saturated rings. The topological polar surface area (TPSA) is 78.5 Å². The molecule has 1 heterocycles. The molecule has 1 aromatic heterocycles. The Morgan fingerprint density at radius 2 is 2.10 bits per heavy atom. The number of phenolic OH excluding ortho intramolecular Hbond substituents is 1. The number of benzene rings is 1. The molecule has 20 heavy (non-hydrogen) atoms. The van der Waals surface area contributed by atoms with Gasteiger partial charge < -0.3 is 20.1 Å². The summed E-state index contributed by atoms with van der Waals surface area (Å²) in [5.74, 6) is 0.951. The van der Waals surface area contributed by atoms with Crippen LogP contribution in [0.25, 0.3) is 0 Å². The maximum Gasteiger partial charge on any atom is 0.138 e. The minimum Gasteiger partial charge on any atom is -0.508 e. The van der Waals surface area contributed by atoms with Gasteiger partial charge in [-0.1, -0.05) is 17.3 Å². The maximum absolute atomic E-state index is 9.71. The molecular weight excluding hydrogens is 256 g/mol. The SMILES string of the molecule is Cc1noc(C)c1CNC(C)(CO)c1cccc(O)c1. The van der Waals surface area contributed by atoms with Crippen LogP contribution in [-0.4, -0.2) is 22.0 Å². The summed E-state index contributed by atoms with van der Waals surface area (Å²) in [6.45, 7) is 6.09. The minimum absolute atomic E-state index is 0.0835. The van der Waals surface area contributed by atoms with Crippen LogP contribution in [0.15, 0.2) is 28.8 Å². The molecule has 2 aromatic rings. The fraction of sp³-hybridized carbons (Fsp3) is 0.400. The zero-order valence-electron chi connectivity index (χ0n) is 12.0. The van der Waals surface area contributed by atoms with E-state index in [2.05, 4.69) is 10.5 Å². The maximum atomic E-state index is 9.71. The third-order valence-corrected chi connectivity index (χ3v) is 3.64. The number of aromatic hydroxyl groups is 1. The summed E-state index contributed by atoms with van der Waals surface area (Å²) >= 11 is 0. The van der Waals surface area contributed by atoms with Gasteiger partial charge in [-0.05, 0) is 38.5 Å². The van der Waals surface area contributed by atoms with E-state index in [-0.39, 0.29) is 12.4 Å². The van der Waals surface area contributed by atoms with Gasteiger partial charge in [0.1, 0.15) is 11.5 Å². The summed E-state index contributed by atoms with van der Waals surface area (Å²) < 4.78 is 5.13. The molecule has 0 bridgehead atoms. The Morgan fingerprint density at radius 1 is 1.35 bits per heavy atom. The summed E-state index contributed by atoms with van der Waals surface area (Å²) in [6, 6.07) is 6.89. The third-order valence-electron chi connectivity index (χ3n) is 3.64. The van der Waals surface area contributed by atoms with Crippen molar-refractivity contribution in [2.75, 3.05) is 6.61 Å². The molecule has 0 aliphatic rings. The number of hydrogen-bond donors (Lipinski definition) is 3. The van der Waals surface area contributed by atoms with Crippen molar-refractivity contribution >= 4 is 0 Å². The van der Waals surface area contributed by atoms with Crippen molar-refractivity contribution < 1.29 is 14.7 Å². The predicted molar refractivity (Wildman–Crippen MR) is 75.4 cm³/mol. The van der Waals surface area contributed by atoms with E-state index in [1.54, 1.807) is 18.2 Å². The van der Waals surface area contributed by atoms with Crippen molar-refractivity contribution in [3.05, 3.63) is 46.8 Å². The zero-order valence-corrected chi connectivity index (χ0v) is 12.0. The fourth-order valence-corrected chi connectivity index (χ4v) is 2.14. The van der Waals surface area contributed by atoms with Gasteiger partial charge in [0.25, 0.3) is 0 Å². The van der Waals surface area contributed by atoms with E-state index in [1.165, 1.54) is 0 Å². The zero-order chi connectivity index (χ0) is 14.8. The number of nitrogens with zero attached hydrogens (tertiary/aromatic N) is 1. The molecule has 0 spiro atoms. The standard InChI is InChI=1S/C15H20N2O3/c1-10-14(11(2)20-17-10)8-16-15(3,9-18)12-5-4-6-13(19)7-12/h4-7,16,18-19H,8-9H2,1-3H3. The monoisotopic (exact) mass is 276 g/mol. The van der Waals surface area contributed by atoms with E-state index in [9.17, 15) is 10.2 Å². The van der Waals surface area contributed by atoms with Gasteiger partial charge in [0, 0.05) is 12.1 Å². The molecule has 1 atom stereocenters. The second kappa shape index (κ2) is 5.64. The van der Waals surface area contributed by atoms with Gasteiger partial charge in [-0.3, -0.25) is 0 Å². The highest BCUT2D eigenvalue weighted by Crippen LogP contribution is 2.25. The summed E-state index contributed by atoms with van der Waals surface area (Å²) in [5, 5.41) is 26.5. The number of nitrogens with one attached hydrogen (secondary N) is 1. The first-order valence-electron chi connectivity index (χ1n) is 6.53. The van der Waals surface area contributed by atoms with Gasteiger partial charge >= 0.3 is 0 Å². The second-order valence-corrected chi connectivity index (χ2v) is 5.20. The quantitative estimate of drug-likeness (QED) is 0.778. The van der Waals surface area contributed by atoms with Crippen LogP contribution in [0.4, 0.5) is 0 Å². The van der Waals surface area contributed by atoms with Crippen LogP contribution in [-0.2, 0) is 12.1 Å². The van der Waals surface area contributed by atoms with Gasteiger partial charge in [-0.15, -0.1) is 0 Å². The lowest BCUT2D eigenvalue weighted by molar-refractivity contribution is 0.173. The molecule has 108 valence electrons. The third kappa shape index (κ3) is 2.84. The molecule has 5 nitrogen and oxygen atoms in total. The Hall–Kier alpha value is -1.85. The highest BCUT2D eigenvalue weighted by molar-refractivity contribution is 5.32. The van der Waals surface area contributed by atoms with Crippen LogP contribution in [0.1, 0.15) is 29.5 Å². The van der Waals surface area contributed by atoms with E-state index in [4.69, 9.17) is 4.52 Å². The first-order valence-corrected chi connectivity index (χ1v) is 6.53. The Bertz CT molecular complexity index is 575. The Labute approximate surface area is 118 Å². The normalized spacial score (nSPS) is 14.2.